The van der Waals surface area contributed by atoms with Gasteiger partial charge in [0, 0.05) is 0 Å². The second-order valence-corrected chi connectivity index (χ2v) is 4.25. The SMILES string of the molecule is [CH2]CC(C)(O)C(Cc1ccccc1)C(N)=O. The van der Waals surface area contributed by atoms with Crippen molar-refractivity contribution in [2.75, 3.05) is 0 Å². The Morgan fingerprint density at radius 3 is 2.50 bits per heavy atom. The van der Waals surface area contributed by atoms with Crippen LogP contribution in [0.1, 0.15) is 18.9 Å². The Bertz CT molecular complexity index is 346. The fraction of sp³-hybridized carbons (Fsp3) is 0.385. The van der Waals surface area contributed by atoms with Gasteiger partial charge in [-0.3, -0.25) is 4.79 Å². The maximum absolute atomic E-state index is 11.3. The quantitative estimate of drug-likeness (QED) is 0.785. The van der Waals surface area contributed by atoms with E-state index in [0.29, 0.717) is 6.42 Å². The summed E-state index contributed by atoms with van der Waals surface area (Å²) in [5, 5.41) is 10.1. The molecule has 0 spiro atoms. The Labute approximate surface area is 96.3 Å². The molecule has 3 nitrogen and oxygen atoms in total. The third kappa shape index (κ3) is 3.07. The average Bonchev–Trinajstić information content (AvgIpc) is 2.26. The van der Waals surface area contributed by atoms with Crippen molar-refractivity contribution in [3.63, 3.8) is 0 Å². The van der Waals surface area contributed by atoms with Gasteiger partial charge in [0.25, 0.3) is 0 Å². The number of hydrogen-bond acceptors (Lipinski definition) is 2. The highest BCUT2D eigenvalue weighted by Gasteiger charge is 2.34. The Morgan fingerprint density at radius 1 is 1.50 bits per heavy atom. The Balaban J connectivity index is 2.85. The zero-order chi connectivity index (χ0) is 12.2. The van der Waals surface area contributed by atoms with Crippen LogP contribution in [0.5, 0.6) is 0 Å². The highest BCUT2D eigenvalue weighted by molar-refractivity contribution is 5.78. The second kappa shape index (κ2) is 5.12. The first kappa shape index (κ1) is 12.7. The molecule has 87 valence electrons. The predicted octanol–water partition coefficient (Wildman–Crippen LogP) is 1.31. The lowest BCUT2D eigenvalue weighted by atomic mass is 9.82. The van der Waals surface area contributed by atoms with Crippen LogP contribution >= 0.6 is 0 Å². The summed E-state index contributed by atoms with van der Waals surface area (Å²) in [7, 11) is 0. The van der Waals surface area contributed by atoms with Crippen LogP contribution in [0, 0.1) is 12.8 Å². The first-order valence-electron chi connectivity index (χ1n) is 5.32. The van der Waals surface area contributed by atoms with Crippen molar-refractivity contribution in [3.05, 3.63) is 42.8 Å². The van der Waals surface area contributed by atoms with Crippen LogP contribution < -0.4 is 5.73 Å². The average molecular weight is 220 g/mol. The third-order valence-electron chi connectivity index (χ3n) is 2.88. The molecule has 1 aromatic rings. The Kier molecular flexibility index (Phi) is 4.07. The number of aliphatic hydroxyl groups is 1. The van der Waals surface area contributed by atoms with Gasteiger partial charge in [0.15, 0.2) is 0 Å². The van der Waals surface area contributed by atoms with Gasteiger partial charge in [-0.1, -0.05) is 37.3 Å². The van der Waals surface area contributed by atoms with E-state index in [2.05, 4.69) is 6.92 Å². The lowest BCUT2D eigenvalue weighted by Gasteiger charge is -2.29. The molecule has 1 rings (SSSR count). The van der Waals surface area contributed by atoms with E-state index in [9.17, 15) is 9.90 Å². The molecule has 3 N–H and O–H groups in total. The summed E-state index contributed by atoms with van der Waals surface area (Å²) in [5.74, 6) is -1.09. The number of benzene rings is 1. The summed E-state index contributed by atoms with van der Waals surface area (Å²) < 4.78 is 0. The number of primary amides is 1. The number of carbonyl (C=O) groups excluding carboxylic acids is 1. The minimum absolute atomic E-state index is 0.257. The van der Waals surface area contributed by atoms with Gasteiger partial charge >= 0.3 is 0 Å². The number of amides is 1. The van der Waals surface area contributed by atoms with Crippen molar-refractivity contribution in [2.24, 2.45) is 11.7 Å². The summed E-state index contributed by atoms with van der Waals surface area (Å²) in [6, 6.07) is 9.52. The minimum atomic E-state index is -1.15. The fourth-order valence-electron chi connectivity index (χ4n) is 1.65. The highest BCUT2D eigenvalue weighted by Crippen LogP contribution is 2.24. The molecule has 0 bridgehead atoms. The number of nitrogens with two attached hydrogens (primary N) is 1. The van der Waals surface area contributed by atoms with Crippen molar-refractivity contribution in [1.82, 2.24) is 0 Å². The predicted molar refractivity (Wildman–Crippen MR) is 63.4 cm³/mol. The topological polar surface area (TPSA) is 63.3 Å². The van der Waals surface area contributed by atoms with E-state index < -0.39 is 17.4 Å². The first-order valence-corrected chi connectivity index (χ1v) is 5.32. The van der Waals surface area contributed by atoms with Crippen LogP contribution in [-0.2, 0) is 11.2 Å². The van der Waals surface area contributed by atoms with Crippen LogP contribution in [0.2, 0.25) is 0 Å². The maximum atomic E-state index is 11.3. The molecule has 0 aromatic heterocycles. The molecule has 1 aromatic carbocycles. The van der Waals surface area contributed by atoms with E-state index in [1.807, 2.05) is 30.3 Å². The van der Waals surface area contributed by atoms with Gasteiger partial charge in [0.2, 0.25) is 5.91 Å². The van der Waals surface area contributed by atoms with E-state index in [0.717, 1.165) is 5.56 Å². The molecule has 0 fully saturated rings. The fourth-order valence-corrected chi connectivity index (χ4v) is 1.65. The molecule has 0 aliphatic carbocycles. The van der Waals surface area contributed by atoms with Crippen molar-refractivity contribution >= 4 is 5.91 Å². The molecule has 2 unspecified atom stereocenters. The summed E-state index contributed by atoms with van der Waals surface area (Å²) in [5.41, 5.74) is 5.15. The zero-order valence-electron chi connectivity index (χ0n) is 9.52. The normalized spacial score (nSPS) is 16.4. The molecule has 2 atom stereocenters. The molecule has 3 heteroatoms. The van der Waals surface area contributed by atoms with Gasteiger partial charge in [-0.2, -0.15) is 0 Å². The van der Waals surface area contributed by atoms with Gasteiger partial charge in [-0.15, -0.1) is 0 Å². The van der Waals surface area contributed by atoms with Crippen molar-refractivity contribution in [1.29, 1.82) is 0 Å². The van der Waals surface area contributed by atoms with Gasteiger partial charge in [-0.05, 0) is 25.3 Å². The van der Waals surface area contributed by atoms with E-state index in [1.165, 1.54) is 0 Å². The molecular weight excluding hydrogens is 202 g/mol. The lowest BCUT2D eigenvalue weighted by molar-refractivity contribution is -0.130. The van der Waals surface area contributed by atoms with Gasteiger partial charge < -0.3 is 10.8 Å². The van der Waals surface area contributed by atoms with Crippen LogP contribution in [0.25, 0.3) is 0 Å². The monoisotopic (exact) mass is 220 g/mol. The molecule has 0 heterocycles. The molecule has 0 aliphatic rings. The van der Waals surface area contributed by atoms with Crippen LogP contribution in [-0.4, -0.2) is 16.6 Å². The van der Waals surface area contributed by atoms with Crippen molar-refractivity contribution in [3.8, 4) is 0 Å². The first-order chi connectivity index (χ1) is 7.47. The molecular formula is C13H18NO2. The second-order valence-electron chi connectivity index (χ2n) is 4.25. The third-order valence-corrected chi connectivity index (χ3v) is 2.88. The zero-order valence-corrected chi connectivity index (χ0v) is 9.52. The van der Waals surface area contributed by atoms with Crippen LogP contribution in [0.4, 0.5) is 0 Å². The van der Waals surface area contributed by atoms with Crippen LogP contribution in [0.15, 0.2) is 30.3 Å². The number of rotatable bonds is 5. The van der Waals surface area contributed by atoms with Gasteiger partial charge in [-0.25, -0.2) is 0 Å². The number of hydrogen-bond donors (Lipinski definition) is 2. The van der Waals surface area contributed by atoms with E-state index in [4.69, 9.17) is 5.73 Å². The largest absolute Gasteiger partial charge is 0.389 e. The molecule has 0 saturated carbocycles. The molecule has 0 saturated heterocycles. The molecule has 16 heavy (non-hydrogen) atoms. The van der Waals surface area contributed by atoms with Crippen molar-refractivity contribution < 1.29 is 9.90 Å². The maximum Gasteiger partial charge on any atom is 0.223 e. The summed E-state index contributed by atoms with van der Waals surface area (Å²) in [6.07, 6.45) is 0.701. The number of carbonyl (C=O) groups is 1. The van der Waals surface area contributed by atoms with Gasteiger partial charge in [0.1, 0.15) is 0 Å². The summed E-state index contributed by atoms with van der Waals surface area (Å²) in [6.45, 7) is 5.24. The van der Waals surface area contributed by atoms with E-state index >= 15 is 0 Å². The van der Waals surface area contributed by atoms with Crippen LogP contribution in [0.3, 0.4) is 0 Å². The highest BCUT2D eigenvalue weighted by atomic mass is 16.3. The molecule has 0 aliphatic heterocycles. The van der Waals surface area contributed by atoms with Gasteiger partial charge in [0.05, 0.1) is 11.5 Å². The lowest BCUT2D eigenvalue weighted by Crippen LogP contribution is -2.43. The standard InChI is InChI=1S/C13H18NO2/c1-3-13(2,16)11(12(14)15)9-10-7-5-4-6-8-10/h4-8,11,16H,1,3,9H2,2H3,(H2,14,15). The van der Waals surface area contributed by atoms with Crippen molar-refractivity contribution in [2.45, 2.75) is 25.4 Å². The molecule has 1 radical (unpaired) electrons. The Morgan fingerprint density at radius 2 is 2.06 bits per heavy atom. The minimum Gasteiger partial charge on any atom is -0.389 e. The summed E-state index contributed by atoms with van der Waals surface area (Å²) in [4.78, 5) is 11.3. The van der Waals surface area contributed by atoms with E-state index in [-0.39, 0.29) is 6.42 Å². The Hall–Kier alpha value is -1.35. The smallest absolute Gasteiger partial charge is 0.223 e. The van der Waals surface area contributed by atoms with E-state index in [1.54, 1.807) is 6.92 Å². The summed E-state index contributed by atoms with van der Waals surface area (Å²) >= 11 is 0. The molecule has 1 amide bonds.